The lowest BCUT2D eigenvalue weighted by atomic mass is 9.74. The summed E-state index contributed by atoms with van der Waals surface area (Å²) in [5.41, 5.74) is 2.27. The van der Waals surface area contributed by atoms with Gasteiger partial charge in [0, 0.05) is 18.0 Å². The van der Waals surface area contributed by atoms with Gasteiger partial charge in [-0.15, -0.1) is 0 Å². The van der Waals surface area contributed by atoms with Crippen LogP contribution in [-0.4, -0.2) is 16.6 Å². The van der Waals surface area contributed by atoms with Gasteiger partial charge in [-0.3, -0.25) is 0 Å². The molecule has 1 aromatic heterocycles. The Kier molecular flexibility index (Phi) is 13.2. The normalized spacial score (nSPS) is 18.0. The summed E-state index contributed by atoms with van der Waals surface area (Å²) in [5.74, 6) is 3.64. The van der Waals surface area contributed by atoms with E-state index in [1.165, 1.54) is 108 Å². The Bertz CT molecular complexity index is 786. The van der Waals surface area contributed by atoms with Crippen LogP contribution in [0.15, 0.2) is 36.7 Å². The van der Waals surface area contributed by atoms with Crippen LogP contribution in [0.3, 0.4) is 0 Å². The summed E-state index contributed by atoms with van der Waals surface area (Å²) < 4.78 is 6.09. The molecular formula is C32H50N2O. The number of rotatable bonds is 17. The number of hydrogen-bond acceptors (Lipinski definition) is 3. The average molecular weight is 479 g/mol. The lowest BCUT2D eigenvalue weighted by Crippen LogP contribution is -2.20. The minimum Gasteiger partial charge on any atom is -0.494 e. The minimum absolute atomic E-state index is 0.793. The summed E-state index contributed by atoms with van der Waals surface area (Å²) >= 11 is 0. The smallest absolute Gasteiger partial charge is 0.159 e. The number of ether oxygens (including phenoxy) is 1. The SMILES string of the molecule is CCCCCCCCCC1CCCCC1CCCOc1ccc(-c2ncc(CCCC)cn2)cc1. The zero-order valence-electron chi connectivity index (χ0n) is 22.6. The molecule has 2 aromatic rings. The fraction of sp³-hybridized carbons (Fsp3) is 0.688. The van der Waals surface area contributed by atoms with Crippen LogP contribution in [0.2, 0.25) is 0 Å². The first kappa shape index (κ1) is 27.7. The van der Waals surface area contributed by atoms with Crippen LogP contribution >= 0.6 is 0 Å². The van der Waals surface area contributed by atoms with E-state index in [9.17, 15) is 0 Å². The molecule has 0 spiro atoms. The zero-order valence-corrected chi connectivity index (χ0v) is 22.6. The largest absolute Gasteiger partial charge is 0.494 e. The lowest BCUT2D eigenvalue weighted by molar-refractivity contribution is 0.190. The van der Waals surface area contributed by atoms with Crippen molar-refractivity contribution in [3.05, 3.63) is 42.2 Å². The van der Waals surface area contributed by atoms with Gasteiger partial charge in [-0.1, -0.05) is 97.3 Å². The highest BCUT2D eigenvalue weighted by molar-refractivity contribution is 5.55. The highest BCUT2D eigenvalue weighted by Gasteiger charge is 2.24. The number of aryl methyl sites for hydroxylation is 1. The summed E-state index contributed by atoms with van der Waals surface area (Å²) in [6, 6.07) is 8.28. The van der Waals surface area contributed by atoms with Crippen LogP contribution < -0.4 is 4.74 Å². The second-order valence-corrected chi connectivity index (χ2v) is 10.7. The van der Waals surface area contributed by atoms with E-state index in [1.807, 2.05) is 12.4 Å². The van der Waals surface area contributed by atoms with Crippen LogP contribution in [0, 0.1) is 11.8 Å². The molecule has 1 fully saturated rings. The van der Waals surface area contributed by atoms with E-state index in [4.69, 9.17) is 4.74 Å². The van der Waals surface area contributed by atoms with Crippen molar-refractivity contribution in [2.45, 2.75) is 123 Å². The van der Waals surface area contributed by atoms with Crippen molar-refractivity contribution in [3.63, 3.8) is 0 Å². The predicted octanol–water partition coefficient (Wildman–Crippen LogP) is 9.59. The second-order valence-electron chi connectivity index (χ2n) is 10.7. The summed E-state index contributed by atoms with van der Waals surface area (Å²) in [6.45, 7) is 5.33. The lowest BCUT2D eigenvalue weighted by Gasteiger charge is -2.32. The van der Waals surface area contributed by atoms with Gasteiger partial charge >= 0.3 is 0 Å². The monoisotopic (exact) mass is 478 g/mol. The Hall–Kier alpha value is -1.90. The van der Waals surface area contributed by atoms with Crippen molar-refractivity contribution < 1.29 is 4.74 Å². The van der Waals surface area contributed by atoms with E-state index in [1.54, 1.807) is 0 Å². The van der Waals surface area contributed by atoms with Gasteiger partial charge < -0.3 is 4.74 Å². The van der Waals surface area contributed by atoms with E-state index >= 15 is 0 Å². The van der Waals surface area contributed by atoms with E-state index < -0.39 is 0 Å². The zero-order chi connectivity index (χ0) is 24.6. The molecule has 0 radical (unpaired) electrons. The van der Waals surface area contributed by atoms with Crippen molar-refractivity contribution in [2.24, 2.45) is 11.8 Å². The molecule has 2 atom stereocenters. The average Bonchev–Trinajstić information content (AvgIpc) is 2.91. The van der Waals surface area contributed by atoms with E-state index in [0.29, 0.717) is 0 Å². The number of nitrogens with zero attached hydrogens (tertiary/aromatic N) is 2. The molecule has 1 saturated carbocycles. The number of benzene rings is 1. The van der Waals surface area contributed by atoms with Gasteiger partial charge in [0.15, 0.2) is 5.82 Å². The van der Waals surface area contributed by atoms with E-state index in [-0.39, 0.29) is 0 Å². The molecule has 1 aromatic carbocycles. The standard InChI is InChI=1S/C32H50N2O/c1-3-5-7-8-9-10-11-16-28-17-12-13-18-29(28)19-14-24-35-31-22-20-30(21-23-31)32-33-25-27(26-34-32)15-6-4-2/h20-23,25-26,28-29H,3-19,24H2,1-2H3. The number of unbranched alkanes of at least 4 members (excludes halogenated alkanes) is 7. The van der Waals surface area contributed by atoms with Gasteiger partial charge in [0.2, 0.25) is 0 Å². The maximum atomic E-state index is 6.09. The van der Waals surface area contributed by atoms with Gasteiger partial charge in [-0.25, -0.2) is 9.97 Å². The number of aromatic nitrogens is 2. The summed E-state index contributed by atoms with van der Waals surface area (Å²) in [5, 5.41) is 0. The Morgan fingerprint density at radius 3 is 1.97 bits per heavy atom. The second kappa shape index (κ2) is 16.7. The van der Waals surface area contributed by atoms with Gasteiger partial charge in [0.05, 0.1) is 6.61 Å². The first-order chi connectivity index (χ1) is 17.3. The van der Waals surface area contributed by atoms with Crippen LogP contribution in [-0.2, 0) is 6.42 Å². The Labute approximate surface area is 215 Å². The molecule has 3 rings (SSSR count). The molecule has 0 amide bonds. The van der Waals surface area contributed by atoms with Crippen LogP contribution in [0.4, 0.5) is 0 Å². The summed E-state index contributed by atoms with van der Waals surface area (Å²) in [4.78, 5) is 9.11. The van der Waals surface area contributed by atoms with Gasteiger partial charge in [0.1, 0.15) is 5.75 Å². The third-order valence-electron chi connectivity index (χ3n) is 7.87. The molecule has 1 aliphatic rings. The molecule has 0 saturated heterocycles. The maximum absolute atomic E-state index is 6.09. The number of hydrogen-bond donors (Lipinski definition) is 0. The van der Waals surface area contributed by atoms with Crippen molar-refractivity contribution in [1.82, 2.24) is 9.97 Å². The molecule has 3 nitrogen and oxygen atoms in total. The molecule has 0 N–H and O–H groups in total. The van der Waals surface area contributed by atoms with Crippen molar-refractivity contribution in [1.29, 1.82) is 0 Å². The van der Waals surface area contributed by atoms with Crippen molar-refractivity contribution in [3.8, 4) is 17.1 Å². The fourth-order valence-corrected chi connectivity index (χ4v) is 5.66. The molecule has 1 heterocycles. The summed E-state index contributed by atoms with van der Waals surface area (Å²) in [7, 11) is 0. The van der Waals surface area contributed by atoms with Gasteiger partial charge in [0.25, 0.3) is 0 Å². The fourth-order valence-electron chi connectivity index (χ4n) is 5.66. The third kappa shape index (κ3) is 10.3. The molecule has 3 heteroatoms. The topological polar surface area (TPSA) is 35.0 Å². The van der Waals surface area contributed by atoms with Crippen LogP contribution in [0.25, 0.3) is 11.4 Å². The van der Waals surface area contributed by atoms with E-state index in [0.717, 1.165) is 42.0 Å². The quantitative estimate of drug-likeness (QED) is 0.212. The highest BCUT2D eigenvalue weighted by Crippen LogP contribution is 2.36. The predicted molar refractivity (Wildman–Crippen MR) is 149 cm³/mol. The van der Waals surface area contributed by atoms with Gasteiger partial charge in [-0.2, -0.15) is 0 Å². The Morgan fingerprint density at radius 1 is 0.714 bits per heavy atom. The highest BCUT2D eigenvalue weighted by atomic mass is 16.5. The Balaban J connectivity index is 1.34. The molecule has 1 aliphatic carbocycles. The first-order valence-corrected chi connectivity index (χ1v) is 14.8. The first-order valence-electron chi connectivity index (χ1n) is 14.8. The molecule has 2 unspecified atom stereocenters. The Morgan fingerprint density at radius 2 is 1.31 bits per heavy atom. The van der Waals surface area contributed by atoms with Crippen molar-refractivity contribution >= 4 is 0 Å². The van der Waals surface area contributed by atoms with Crippen LogP contribution in [0.1, 0.15) is 122 Å². The van der Waals surface area contributed by atoms with E-state index in [2.05, 4.69) is 48.1 Å². The third-order valence-corrected chi connectivity index (χ3v) is 7.87. The molecule has 0 aliphatic heterocycles. The molecule has 0 bridgehead atoms. The molecule has 194 valence electrons. The van der Waals surface area contributed by atoms with Gasteiger partial charge in [-0.05, 0) is 67.3 Å². The molecule has 35 heavy (non-hydrogen) atoms. The summed E-state index contributed by atoms with van der Waals surface area (Å²) in [6.07, 6.45) is 27.1. The molecular weight excluding hydrogens is 428 g/mol. The van der Waals surface area contributed by atoms with Crippen LogP contribution in [0.5, 0.6) is 5.75 Å². The maximum Gasteiger partial charge on any atom is 0.159 e. The van der Waals surface area contributed by atoms with Crippen molar-refractivity contribution in [2.75, 3.05) is 6.61 Å². The minimum atomic E-state index is 0.793.